The van der Waals surface area contributed by atoms with Crippen LogP contribution in [0.2, 0.25) is 0 Å². The quantitative estimate of drug-likeness (QED) is 0.211. The van der Waals surface area contributed by atoms with Gasteiger partial charge in [-0.15, -0.1) is 10.2 Å². The molecule has 8 nitrogen and oxygen atoms in total. The lowest BCUT2D eigenvalue weighted by atomic mass is 10.1. The third kappa shape index (κ3) is 5.70. The van der Waals surface area contributed by atoms with Gasteiger partial charge in [0.1, 0.15) is 11.5 Å². The molecule has 0 aliphatic rings. The largest absolute Gasteiger partial charge is 0.497 e. The molecule has 1 heterocycles. The molecule has 0 radical (unpaired) electrons. The first-order chi connectivity index (χ1) is 17.1. The number of thioether (sulfide) groups is 1. The third-order valence-electron chi connectivity index (χ3n) is 5.16. The summed E-state index contributed by atoms with van der Waals surface area (Å²) in [5.74, 6) is 1.86. The van der Waals surface area contributed by atoms with Crippen LogP contribution in [0.4, 0.5) is 0 Å². The molecule has 0 atom stereocenters. The van der Waals surface area contributed by atoms with Gasteiger partial charge in [-0.2, -0.15) is 5.10 Å². The molecule has 0 unspecified atom stereocenters. The molecule has 0 bridgehead atoms. The first-order valence-electron chi connectivity index (χ1n) is 10.8. The molecular formula is C26H25N5O3S. The number of amides is 1. The number of hydrogen-bond acceptors (Lipinski definition) is 7. The number of methoxy groups -OCH3 is 2. The van der Waals surface area contributed by atoms with Crippen molar-refractivity contribution in [2.75, 3.05) is 20.0 Å². The maximum absolute atomic E-state index is 12.6. The van der Waals surface area contributed by atoms with Gasteiger partial charge in [-0.05, 0) is 31.2 Å². The number of aromatic nitrogens is 3. The maximum atomic E-state index is 12.6. The van der Waals surface area contributed by atoms with Crippen LogP contribution in [0, 0.1) is 0 Å². The molecule has 4 aromatic rings. The van der Waals surface area contributed by atoms with Crippen molar-refractivity contribution in [2.45, 2.75) is 12.1 Å². The number of hydrazone groups is 1. The van der Waals surface area contributed by atoms with Gasteiger partial charge in [0, 0.05) is 22.9 Å². The van der Waals surface area contributed by atoms with E-state index in [4.69, 9.17) is 9.47 Å². The molecule has 0 aliphatic carbocycles. The van der Waals surface area contributed by atoms with E-state index in [0.29, 0.717) is 28.2 Å². The molecule has 0 fully saturated rings. The Balaban J connectivity index is 1.49. The average Bonchev–Trinajstić information content (AvgIpc) is 3.35. The van der Waals surface area contributed by atoms with Gasteiger partial charge >= 0.3 is 0 Å². The van der Waals surface area contributed by atoms with E-state index in [0.717, 1.165) is 16.8 Å². The van der Waals surface area contributed by atoms with Crippen molar-refractivity contribution in [1.29, 1.82) is 0 Å². The normalized spacial score (nSPS) is 11.2. The fourth-order valence-electron chi connectivity index (χ4n) is 3.41. The number of rotatable bonds is 9. The second-order valence-electron chi connectivity index (χ2n) is 7.43. The first-order valence-corrected chi connectivity index (χ1v) is 11.8. The van der Waals surface area contributed by atoms with Crippen LogP contribution < -0.4 is 14.9 Å². The van der Waals surface area contributed by atoms with Gasteiger partial charge < -0.3 is 9.47 Å². The van der Waals surface area contributed by atoms with E-state index in [9.17, 15) is 4.79 Å². The minimum absolute atomic E-state index is 0.121. The van der Waals surface area contributed by atoms with Crippen molar-refractivity contribution >= 4 is 23.4 Å². The average molecular weight is 488 g/mol. The number of carbonyl (C=O) groups is 1. The lowest BCUT2D eigenvalue weighted by molar-refractivity contribution is -0.118. The molecule has 0 aliphatic heterocycles. The van der Waals surface area contributed by atoms with Crippen molar-refractivity contribution in [1.82, 2.24) is 20.2 Å². The van der Waals surface area contributed by atoms with Gasteiger partial charge in [-0.25, -0.2) is 5.43 Å². The second kappa shape index (κ2) is 11.3. The summed E-state index contributed by atoms with van der Waals surface area (Å²) in [6, 6.07) is 25.1. The highest BCUT2D eigenvalue weighted by Gasteiger charge is 2.17. The molecule has 178 valence electrons. The van der Waals surface area contributed by atoms with Gasteiger partial charge in [-0.1, -0.05) is 60.3 Å². The Morgan fingerprint density at radius 3 is 2.37 bits per heavy atom. The first kappa shape index (κ1) is 24.0. The predicted octanol–water partition coefficient (Wildman–Crippen LogP) is 4.58. The minimum Gasteiger partial charge on any atom is -0.497 e. The van der Waals surface area contributed by atoms with E-state index in [1.165, 1.54) is 11.8 Å². The molecule has 0 saturated carbocycles. The van der Waals surface area contributed by atoms with Crippen LogP contribution in [0.3, 0.4) is 0 Å². The summed E-state index contributed by atoms with van der Waals surface area (Å²) in [7, 11) is 3.17. The zero-order chi connectivity index (χ0) is 24.6. The molecule has 4 rings (SSSR count). The smallest absolute Gasteiger partial charge is 0.250 e. The molecule has 0 saturated heterocycles. The maximum Gasteiger partial charge on any atom is 0.250 e. The molecule has 3 aromatic carbocycles. The predicted molar refractivity (Wildman–Crippen MR) is 137 cm³/mol. The summed E-state index contributed by atoms with van der Waals surface area (Å²) in [4.78, 5) is 12.6. The standard InChI is InChI=1S/C26H25N5O3S/c1-18(22-15-14-21(33-2)16-23(22)34-3)27-28-24(32)17-35-26-30-29-25(19-10-6-4-7-11-19)31(26)20-12-8-5-9-13-20/h4-16H,17H2,1-3H3,(H,28,32)/b27-18-. The van der Waals surface area contributed by atoms with Crippen LogP contribution in [-0.4, -0.2) is 46.4 Å². The highest BCUT2D eigenvalue weighted by Crippen LogP contribution is 2.28. The molecule has 1 aromatic heterocycles. The molecule has 35 heavy (non-hydrogen) atoms. The Labute approximate surface area is 208 Å². The molecular weight excluding hydrogens is 462 g/mol. The van der Waals surface area contributed by atoms with E-state index in [1.54, 1.807) is 27.2 Å². The number of hydrogen-bond donors (Lipinski definition) is 1. The summed E-state index contributed by atoms with van der Waals surface area (Å²) in [6.45, 7) is 1.80. The number of carbonyl (C=O) groups excluding carboxylic acids is 1. The number of para-hydroxylation sites is 1. The van der Waals surface area contributed by atoms with E-state index >= 15 is 0 Å². The lowest BCUT2D eigenvalue weighted by Crippen LogP contribution is -2.21. The highest BCUT2D eigenvalue weighted by atomic mass is 32.2. The van der Waals surface area contributed by atoms with Crippen molar-refractivity contribution < 1.29 is 14.3 Å². The SMILES string of the molecule is COc1ccc(/C(C)=N\NC(=O)CSc2nnc(-c3ccccc3)n2-c2ccccc2)c(OC)c1. The van der Waals surface area contributed by atoms with Crippen LogP contribution in [0.5, 0.6) is 11.5 Å². The Kier molecular flexibility index (Phi) is 7.79. The van der Waals surface area contributed by atoms with Crippen molar-refractivity contribution in [3.8, 4) is 28.6 Å². The molecule has 1 amide bonds. The monoisotopic (exact) mass is 487 g/mol. The van der Waals surface area contributed by atoms with Gasteiger partial charge in [0.25, 0.3) is 5.91 Å². The van der Waals surface area contributed by atoms with E-state index in [-0.39, 0.29) is 11.7 Å². The zero-order valence-corrected chi connectivity index (χ0v) is 20.5. The number of ether oxygens (including phenoxy) is 2. The number of nitrogens with one attached hydrogen (secondary N) is 1. The summed E-state index contributed by atoms with van der Waals surface area (Å²) in [6.07, 6.45) is 0. The molecule has 1 N–H and O–H groups in total. The lowest BCUT2D eigenvalue weighted by Gasteiger charge is -2.11. The van der Waals surface area contributed by atoms with Crippen LogP contribution in [0.25, 0.3) is 17.1 Å². The topological polar surface area (TPSA) is 90.6 Å². The van der Waals surface area contributed by atoms with Gasteiger partial charge in [-0.3, -0.25) is 9.36 Å². The zero-order valence-electron chi connectivity index (χ0n) is 19.6. The fraction of sp³-hybridized carbons (Fsp3) is 0.154. The van der Waals surface area contributed by atoms with Gasteiger partial charge in [0.05, 0.1) is 25.7 Å². The Hall–Kier alpha value is -4.11. The van der Waals surface area contributed by atoms with Crippen LogP contribution >= 0.6 is 11.8 Å². The summed E-state index contributed by atoms with van der Waals surface area (Å²) >= 11 is 1.29. The van der Waals surface area contributed by atoms with Crippen molar-refractivity contribution in [3.05, 3.63) is 84.4 Å². The van der Waals surface area contributed by atoms with Crippen molar-refractivity contribution in [3.63, 3.8) is 0 Å². The van der Waals surface area contributed by atoms with E-state index in [2.05, 4.69) is 20.7 Å². The van der Waals surface area contributed by atoms with Gasteiger partial charge in [0.2, 0.25) is 0 Å². The molecule has 0 spiro atoms. The number of benzene rings is 3. The minimum atomic E-state index is -0.259. The summed E-state index contributed by atoms with van der Waals surface area (Å²) in [5, 5.41) is 13.6. The fourth-order valence-corrected chi connectivity index (χ4v) is 4.16. The molecule has 9 heteroatoms. The summed E-state index contributed by atoms with van der Waals surface area (Å²) in [5.41, 5.74) is 5.84. The van der Waals surface area contributed by atoms with E-state index < -0.39 is 0 Å². The highest BCUT2D eigenvalue weighted by molar-refractivity contribution is 7.99. The van der Waals surface area contributed by atoms with Gasteiger partial charge in [0.15, 0.2) is 11.0 Å². The Bertz CT molecular complexity index is 1320. The summed E-state index contributed by atoms with van der Waals surface area (Å²) < 4.78 is 12.6. The Morgan fingerprint density at radius 2 is 1.69 bits per heavy atom. The second-order valence-corrected chi connectivity index (χ2v) is 8.37. The van der Waals surface area contributed by atoms with Crippen LogP contribution in [-0.2, 0) is 4.79 Å². The third-order valence-corrected chi connectivity index (χ3v) is 6.09. The van der Waals surface area contributed by atoms with Crippen LogP contribution in [0.1, 0.15) is 12.5 Å². The van der Waals surface area contributed by atoms with Crippen LogP contribution in [0.15, 0.2) is 89.1 Å². The van der Waals surface area contributed by atoms with Crippen molar-refractivity contribution in [2.24, 2.45) is 5.10 Å². The van der Waals surface area contributed by atoms with E-state index in [1.807, 2.05) is 77.4 Å². The Morgan fingerprint density at radius 1 is 0.971 bits per heavy atom. The number of nitrogens with zero attached hydrogens (tertiary/aromatic N) is 4.